The normalized spacial score (nSPS) is 13.4. The van der Waals surface area contributed by atoms with Gasteiger partial charge in [-0.2, -0.15) is 9.78 Å². The highest BCUT2D eigenvalue weighted by atomic mass is 19.1. The second kappa shape index (κ2) is 13.3. The number of amides is 1. The molecule has 0 atom stereocenters. The van der Waals surface area contributed by atoms with Crippen LogP contribution in [0, 0.1) is 11.2 Å². The lowest BCUT2D eigenvalue weighted by atomic mass is 9.86. The fourth-order valence-electron chi connectivity index (χ4n) is 5.55. The van der Waals surface area contributed by atoms with Crippen molar-refractivity contribution in [3.05, 3.63) is 106 Å². The number of anilines is 2. The maximum atomic E-state index is 15.5. The van der Waals surface area contributed by atoms with Crippen LogP contribution in [0.3, 0.4) is 0 Å². The van der Waals surface area contributed by atoms with E-state index in [9.17, 15) is 9.59 Å². The monoisotopic (exact) mass is 649 g/mol. The van der Waals surface area contributed by atoms with Crippen molar-refractivity contribution in [1.29, 1.82) is 5.41 Å². The molecule has 246 valence electrons. The van der Waals surface area contributed by atoms with E-state index in [4.69, 9.17) is 14.9 Å². The zero-order chi connectivity index (χ0) is 34.0. The molecule has 1 saturated heterocycles. The van der Waals surface area contributed by atoms with E-state index in [2.05, 4.69) is 20.4 Å². The highest BCUT2D eigenvalue weighted by Gasteiger charge is 2.22. The van der Waals surface area contributed by atoms with Gasteiger partial charge in [-0.05, 0) is 64.6 Å². The van der Waals surface area contributed by atoms with Crippen LogP contribution >= 0.6 is 0 Å². The van der Waals surface area contributed by atoms with Crippen molar-refractivity contribution in [3.63, 3.8) is 0 Å². The van der Waals surface area contributed by atoms with Crippen LogP contribution in [0.4, 0.5) is 16.0 Å². The van der Waals surface area contributed by atoms with E-state index >= 15 is 4.39 Å². The summed E-state index contributed by atoms with van der Waals surface area (Å²) in [5.41, 5.74) is 2.75. The fourth-order valence-corrected chi connectivity index (χ4v) is 5.55. The van der Waals surface area contributed by atoms with E-state index in [1.807, 2.05) is 39.0 Å². The summed E-state index contributed by atoms with van der Waals surface area (Å²) < 4.78 is 27.6. The lowest BCUT2D eigenvalue weighted by Crippen LogP contribution is -2.40. The lowest BCUT2D eigenvalue weighted by molar-refractivity contribution is 0.0302. The first kappa shape index (κ1) is 32.5. The Labute approximate surface area is 276 Å². The van der Waals surface area contributed by atoms with Crippen LogP contribution in [0.1, 0.15) is 49.2 Å². The number of carbonyl (C=O) groups excluding carboxylic acids is 1. The summed E-state index contributed by atoms with van der Waals surface area (Å²) in [7, 11) is 0. The van der Waals surface area contributed by atoms with Crippen molar-refractivity contribution >= 4 is 34.2 Å². The Kier molecular flexibility index (Phi) is 9.01. The van der Waals surface area contributed by atoms with Gasteiger partial charge < -0.3 is 19.7 Å². The van der Waals surface area contributed by atoms with Crippen LogP contribution in [-0.4, -0.2) is 62.8 Å². The van der Waals surface area contributed by atoms with Gasteiger partial charge in [0.1, 0.15) is 24.1 Å². The summed E-state index contributed by atoms with van der Waals surface area (Å²) in [6.45, 7) is 9.55. The maximum Gasteiger partial charge on any atom is 0.282 e. The smallest absolute Gasteiger partial charge is 0.282 e. The Hall–Kier alpha value is -5.49. The molecule has 1 amide bonds. The molecule has 1 aliphatic rings. The molecule has 2 aromatic carbocycles. The maximum absolute atomic E-state index is 15.5. The standard InChI is InChI=1S/C36H36FN7O4/c1-22(38)48-21-28-27(6-5-7-30(28)44-35(46)33-25(20-41-44)16-26(18-29(33)37)36(2,3)4)23-10-11-39-32(17-23)42-31-9-8-24(19-40-31)34(45)43-12-14-47-15-13-43/h5-11,16-20,38H,12-15,21H2,1-4H3,(H,39,40,42). The summed E-state index contributed by atoms with van der Waals surface area (Å²) in [5, 5.41) is 15.9. The Bertz CT molecular complexity index is 2070. The Morgan fingerprint density at radius 1 is 1.04 bits per heavy atom. The first-order chi connectivity index (χ1) is 23.0. The van der Waals surface area contributed by atoms with Gasteiger partial charge in [0.05, 0.1) is 36.0 Å². The number of ether oxygens (including phenoxy) is 2. The molecule has 0 bridgehead atoms. The number of rotatable bonds is 7. The van der Waals surface area contributed by atoms with Crippen molar-refractivity contribution in [3.8, 4) is 16.8 Å². The molecule has 3 aromatic heterocycles. The number of hydrogen-bond acceptors (Lipinski definition) is 9. The molecule has 0 aliphatic carbocycles. The van der Waals surface area contributed by atoms with Crippen molar-refractivity contribution in [2.45, 2.75) is 39.7 Å². The summed E-state index contributed by atoms with van der Waals surface area (Å²) in [6.07, 6.45) is 4.66. The molecule has 0 unspecified atom stereocenters. The molecule has 6 rings (SSSR count). The number of hydrogen-bond donors (Lipinski definition) is 2. The molecule has 1 aliphatic heterocycles. The minimum atomic E-state index is -0.611. The van der Waals surface area contributed by atoms with E-state index in [0.29, 0.717) is 65.7 Å². The average molecular weight is 650 g/mol. The third-order valence-electron chi connectivity index (χ3n) is 8.15. The van der Waals surface area contributed by atoms with E-state index in [0.717, 1.165) is 11.1 Å². The minimum absolute atomic E-state index is 0.00553. The number of aromatic nitrogens is 4. The summed E-state index contributed by atoms with van der Waals surface area (Å²) >= 11 is 0. The zero-order valence-electron chi connectivity index (χ0n) is 27.2. The van der Waals surface area contributed by atoms with Gasteiger partial charge in [-0.25, -0.2) is 14.4 Å². The number of fused-ring (bicyclic) bond motifs is 1. The second-order valence-electron chi connectivity index (χ2n) is 12.6. The predicted octanol–water partition coefficient (Wildman–Crippen LogP) is 6.01. The van der Waals surface area contributed by atoms with Crippen molar-refractivity contribution in [1.82, 2.24) is 24.6 Å². The minimum Gasteiger partial charge on any atom is -0.477 e. The van der Waals surface area contributed by atoms with E-state index in [1.165, 1.54) is 30.1 Å². The molecule has 5 aromatic rings. The molecule has 48 heavy (non-hydrogen) atoms. The van der Waals surface area contributed by atoms with E-state index < -0.39 is 11.4 Å². The van der Waals surface area contributed by atoms with Gasteiger partial charge in [-0.15, -0.1) is 0 Å². The molecule has 12 heteroatoms. The highest BCUT2D eigenvalue weighted by Crippen LogP contribution is 2.31. The van der Waals surface area contributed by atoms with Crippen molar-refractivity contribution < 1.29 is 18.7 Å². The summed E-state index contributed by atoms with van der Waals surface area (Å²) in [5.74, 6) is 0.280. The lowest BCUT2D eigenvalue weighted by Gasteiger charge is -2.26. The van der Waals surface area contributed by atoms with Gasteiger partial charge in [0.15, 0.2) is 5.90 Å². The van der Waals surface area contributed by atoms with Gasteiger partial charge >= 0.3 is 0 Å². The summed E-state index contributed by atoms with van der Waals surface area (Å²) in [4.78, 5) is 37.2. The first-order valence-electron chi connectivity index (χ1n) is 15.6. The molecule has 0 radical (unpaired) electrons. The average Bonchev–Trinajstić information content (AvgIpc) is 3.07. The van der Waals surface area contributed by atoms with Crippen LogP contribution in [0.15, 0.2) is 78.0 Å². The molecule has 1 fully saturated rings. The predicted molar refractivity (Wildman–Crippen MR) is 182 cm³/mol. The van der Waals surface area contributed by atoms with Gasteiger partial charge in [-0.3, -0.25) is 15.0 Å². The molecular weight excluding hydrogens is 613 g/mol. The molecule has 11 nitrogen and oxygen atoms in total. The van der Waals surface area contributed by atoms with Crippen LogP contribution in [-0.2, 0) is 21.5 Å². The first-order valence-corrected chi connectivity index (χ1v) is 15.6. The number of benzene rings is 2. The Balaban J connectivity index is 1.34. The number of carbonyl (C=O) groups is 1. The third-order valence-corrected chi connectivity index (χ3v) is 8.15. The van der Waals surface area contributed by atoms with Crippen LogP contribution in [0.25, 0.3) is 27.6 Å². The largest absolute Gasteiger partial charge is 0.477 e. The second-order valence-corrected chi connectivity index (χ2v) is 12.6. The van der Waals surface area contributed by atoms with E-state index in [1.54, 1.807) is 41.4 Å². The summed E-state index contributed by atoms with van der Waals surface area (Å²) in [6, 6.07) is 15.6. The Morgan fingerprint density at radius 2 is 1.83 bits per heavy atom. The zero-order valence-corrected chi connectivity index (χ0v) is 27.2. The van der Waals surface area contributed by atoms with Crippen molar-refractivity contribution in [2.24, 2.45) is 0 Å². The SMILES string of the molecule is CC(=N)OCc1c(-c2ccnc(Nc3ccc(C(=O)N4CCOCC4)cn3)c2)cccc1-n1ncc2cc(C(C)(C)C)cc(F)c2c1=O. The van der Waals surface area contributed by atoms with Crippen LogP contribution < -0.4 is 10.9 Å². The number of morpholine rings is 1. The fraction of sp³-hybridized carbons (Fsp3) is 0.278. The number of halogens is 1. The topological polar surface area (TPSA) is 135 Å². The molecule has 0 spiro atoms. The van der Waals surface area contributed by atoms with Gasteiger partial charge in [0, 0.05) is 43.4 Å². The number of nitrogens with zero attached hydrogens (tertiary/aromatic N) is 5. The van der Waals surface area contributed by atoms with Gasteiger partial charge in [0.2, 0.25) is 0 Å². The van der Waals surface area contributed by atoms with E-state index in [-0.39, 0.29) is 29.2 Å². The number of pyridine rings is 2. The van der Waals surface area contributed by atoms with Crippen molar-refractivity contribution in [2.75, 3.05) is 31.6 Å². The van der Waals surface area contributed by atoms with Crippen LogP contribution in [0.2, 0.25) is 0 Å². The molecular formula is C36H36FN7O4. The van der Waals surface area contributed by atoms with Crippen LogP contribution in [0.5, 0.6) is 0 Å². The molecule has 2 N–H and O–H groups in total. The molecule has 0 saturated carbocycles. The molecule has 4 heterocycles. The third kappa shape index (κ3) is 6.79. The Morgan fingerprint density at radius 3 is 2.54 bits per heavy atom. The van der Waals surface area contributed by atoms with Gasteiger partial charge in [-0.1, -0.05) is 32.9 Å². The quantitative estimate of drug-likeness (QED) is 0.162. The van der Waals surface area contributed by atoms with Gasteiger partial charge in [0.25, 0.3) is 11.5 Å². The highest BCUT2D eigenvalue weighted by molar-refractivity contribution is 5.94. The number of nitrogens with one attached hydrogen (secondary N) is 2.